The minimum absolute atomic E-state index is 0.000802. The second-order valence-electron chi connectivity index (χ2n) is 6.86. The van der Waals surface area contributed by atoms with Crippen molar-refractivity contribution < 1.29 is 9.59 Å². The van der Waals surface area contributed by atoms with Crippen molar-refractivity contribution in [2.24, 2.45) is 0 Å². The molecule has 0 fully saturated rings. The van der Waals surface area contributed by atoms with Gasteiger partial charge in [-0.1, -0.05) is 42.5 Å². The summed E-state index contributed by atoms with van der Waals surface area (Å²) in [4.78, 5) is 26.1. The number of anilines is 1. The first-order valence-electron chi connectivity index (χ1n) is 8.98. The van der Waals surface area contributed by atoms with Crippen molar-refractivity contribution in [1.29, 1.82) is 0 Å². The van der Waals surface area contributed by atoms with Crippen LogP contribution in [0, 0.1) is 0 Å². The van der Waals surface area contributed by atoms with Crippen LogP contribution >= 0.6 is 0 Å². The lowest BCUT2D eigenvalue weighted by Crippen LogP contribution is -2.34. The lowest BCUT2D eigenvalue weighted by Gasteiger charge is -2.26. The quantitative estimate of drug-likeness (QED) is 0.885. The molecule has 0 aliphatic heterocycles. The van der Waals surface area contributed by atoms with Gasteiger partial charge in [-0.05, 0) is 42.0 Å². The average Bonchev–Trinajstić information content (AvgIpc) is 2.63. The Morgan fingerprint density at radius 3 is 2.62 bits per heavy atom. The molecule has 0 saturated heterocycles. The number of benzene rings is 2. The standard InChI is InChI=1S/C21H25N3O2/c1-24(2)20(25)14-16-9-4-6-12-18(16)22-21(26)23-19-13-7-10-15-8-3-5-11-17(15)19/h3-6,8-9,11-12,19H,7,10,13-14H2,1-2H3,(H2,22,23,26). The van der Waals surface area contributed by atoms with Gasteiger partial charge in [0.25, 0.3) is 0 Å². The number of rotatable bonds is 4. The van der Waals surface area contributed by atoms with E-state index in [9.17, 15) is 9.59 Å². The lowest BCUT2D eigenvalue weighted by atomic mass is 9.88. The highest BCUT2D eigenvalue weighted by atomic mass is 16.2. The zero-order valence-corrected chi connectivity index (χ0v) is 15.3. The molecule has 0 spiro atoms. The van der Waals surface area contributed by atoms with Gasteiger partial charge in [0, 0.05) is 19.8 Å². The van der Waals surface area contributed by atoms with Gasteiger partial charge in [-0.3, -0.25) is 4.79 Å². The molecule has 5 heteroatoms. The number of urea groups is 1. The predicted octanol–water partition coefficient (Wildman–Crippen LogP) is 3.52. The third-order valence-corrected chi connectivity index (χ3v) is 4.78. The van der Waals surface area contributed by atoms with Crippen molar-refractivity contribution in [2.45, 2.75) is 31.7 Å². The van der Waals surface area contributed by atoms with E-state index in [-0.39, 0.29) is 24.4 Å². The van der Waals surface area contributed by atoms with E-state index in [0.29, 0.717) is 5.69 Å². The van der Waals surface area contributed by atoms with Crippen molar-refractivity contribution in [3.05, 3.63) is 65.2 Å². The second kappa shape index (κ2) is 8.04. The lowest BCUT2D eigenvalue weighted by molar-refractivity contribution is -0.127. The normalized spacial score (nSPS) is 15.7. The zero-order valence-electron chi connectivity index (χ0n) is 15.3. The first-order chi connectivity index (χ1) is 12.5. The number of para-hydroxylation sites is 1. The summed E-state index contributed by atoms with van der Waals surface area (Å²) in [6.07, 6.45) is 3.32. The maximum atomic E-state index is 12.5. The van der Waals surface area contributed by atoms with Gasteiger partial charge in [0.1, 0.15) is 0 Å². The van der Waals surface area contributed by atoms with Crippen molar-refractivity contribution in [3.63, 3.8) is 0 Å². The molecule has 3 rings (SSSR count). The zero-order chi connectivity index (χ0) is 18.5. The van der Waals surface area contributed by atoms with Gasteiger partial charge in [0.2, 0.25) is 5.91 Å². The number of hydrogen-bond donors (Lipinski definition) is 2. The molecule has 0 radical (unpaired) electrons. The molecule has 1 atom stereocenters. The Kier molecular flexibility index (Phi) is 5.56. The SMILES string of the molecule is CN(C)C(=O)Cc1ccccc1NC(=O)NC1CCCc2ccccc21. The topological polar surface area (TPSA) is 61.4 Å². The number of carbonyl (C=O) groups is 2. The maximum absolute atomic E-state index is 12.5. The van der Waals surface area contributed by atoms with E-state index >= 15 is 0 Å². The molecule has 2 aromatic carbocycles. The van der Waals surface area contributed by atoms with Crippen molar-refractivity contribution in [3.8, 4) is 0 Å². The summed E-state index contributed by atoms with van der Waals surface area (Å²) in [5.74, 6) is 0.000802. The minimum atomic E-state index is -0.239. The van der Waals surface area contributed by atoms with Crippen LogP contribution in [0.4, 0.5) is 10.5 Å². The third-order valence-electron chi connectivity index (χ3n) is 4.78. The van der Waals surface area contributed by atoms with Crippen molar-refractivity contribution in [1.82, 2.24) is 10.2 Å². The third kappa shape index (κ3) is 4.23. The average molecular weight is 351 g/mol. The number of likely N-dealkylation sites (N-methyl/N-ethyl adjacent to an activating group) is 1. The minimum Gasteiger partial charge on any atom is -0.349 e. The van der Waals surface area contributed by atoms with E-state index in [2.05, 4.69) is 22.8 Å². The van der Waals surface area contributed by atoms with Crippen molar-refractivity contribution in [2.75, 3.05) is 19.4 Å². The molecule has 5 nitrogen and oxygen atoms in total. The van der Waals surface area contributed by atoms with E-state index in [0.717, 1.165) is 24.8 Å². The van der Waals surface area contributed by atoms with E-state index in [1.54, 1.807) is 19.0 Å². The number of nitrogens with one attached hydrogen (secondary N) is 2. The Morgan fingerprint density at radius 2 is 1.81 bits per heavy atom. The summed E-state index contributed by atoms with van der Waals surface area (Å²) in [5, 5.41) is 5.99. The van der Waals surface area contributed by atoms with Crippen LogP contribution in [0.15, 0.2) is 48.5 Å². The smallest absolute Gasteiger partial charge is 0.319 e. The summed E-state index contributed by atoms with van der Waals surface area (Å²) in [6.45, 7) is 0. The number of nitrogens with zero attached hydrogens (tertiary/aromatic N) is 1. The van der Waals surface area contributed by atoms with Crippen molar-refractivity contribution >= 4 is 17.6 Å². The highest BCUT2D eigenvalue weighted by Crippen LogP contribution is 2.29. The fraction of sp³-hybridized carbons (Fsp3) is 0.333. The summed E-state index contributed by atoms with van der Waals surface area (Å²) in [6, 6.07) is 15.5. The molecule has 1 aliphatic rings. The van der Waals surface area contributed by atoms with Crippen LogP contribution in [0.1, 0.15) is 35.6 Å². The molecule has 136 valence electrons. The number of hydrogen-bond acceptors (Lipinski definition) is 2. The van der Waals surface area contributed by atoms with Crippen LogP contribution in [-0.2, 0) is 17.6 Å². The van der Waals surface area contributed by atoms with E-state index in [1.807, 2.05) is 36.4 Å². The monoisotopic (exact) mass is 351 g/mol. The fourth-order valence-corrected chi connectivity index (χ4v) is 3.34. The highest BCUT2D eigenvalue weighted by molar-refractivity contribution is 5.91. The second-order valence-corrected chi connectivity index (χ2v) is 6.86. The van der Waals surface area contributed by atoms with Gasteiger partial charge in [0.05, 0.1) is 12.5 Å². The number of amides is 3. The number of fused-ring (bicyclic) bond motifs is 1. The highest BCUT2D eigenvalue weighted by Gasteiger charge is 2.21. The Balaban J connectivity index is 1.69. The van der Waals surface area contributed by atoms with Gasteiger partial charge in [-0.15, -0.1) is 0 Å². The molecular formula is C21H25N3O2. The van der Waals surface area contributed by atoms with Gasteiger partial charge < -0.3 is 15.5 Å². The van der Waals surface area contributed by atoms with Crippen LogP contribution in [0.2, 0.25) is 0 Å². The van der Waals surface area contributed by atoms with Gasteiger partial charge >= 0.3 is 6.03 Å². The Morgan fingerprint density at radius 1 is 1.08 bits per heavy atom. The van der Waals surface area contributed by atoms with Crippen LogP contribution in [0.25, 0.3) is 0 Å². The molecule has 0 heterocycles. The van der Waals surface area contributed by atoms with Gasteiger partial charge in [-0.2, -0.15) is 0 Å². The molecule has 2 aromatic rings. The Bertz CT molecular complexity index is 801. The van der Waals surface area contributed by atoms with E-state index in [4.69, 9.17) is 0 Å². The summed E-state index contributed by atoms with van der Waals surface area (Å²) in [7, 11) is 3.46. The molecule has 1 aliphatic carbocycles. The molecule has 2 N–H and O–H groups in total. The van der Waals surface area contributed by atoms with E-state index in [1.165, 1.54) is 11.1 Å². The largest absolute Gasteiger partial charge is 0.349 e. The fourth-order valence-electron chi connectivity index (χ4n) is 3.34. The first-order valence-corrected chi connectivity index (χ1v) is 8.98. The van der Waals surface area contributed by atoms with Gasteiger partial charge in [0.15, 0.2) is 0 Å². The molecule has 1 unspecified atom stereocenters. The number of carbonyl (C=O) groups excluding carboxylic acids is 2. The van der Waals surface area contributed by atoms with Crippen LogP contribution in [0.5, 0.6) is 0 Å². The molecule has 26 heavy (non-hydrogen) atoms. The first kappa shape index (κ1) is 18.0. The van der Waals surface area contributed by atoms with Crippen LogP contribution < -0.4 is 10.6 Å². The molecule has 0 aromatic heterocycles. The summed E-state index contributed by atoms with van der Waals surface area (Å²) >= 11 is 0. The predicted molar refractivity (Wildman–Crippen MR) is 103 cm³/mol. The van der Waals surface area contributed by atoms with Crippen LogP contribution in [-0.4, -0.2) is 30.9 Å². The Labute approximate surface area is 154 Å². The molecule has 0 saturated carbocycles. The summed E-state index contributed by atoms with van der Waals surface area (Å²) < 4.78 is 0. The maximum Gasteiger partial charge on any atom is 0.319 e. The number of aryl methyl sites for hydroxylation is 1. The molecular weight excluding hydrogens is 326 g/mol. The molecule has 3 amide bonds. The summed E-state index contributed by atoms with van der Waals surface area (Å²) in [5.41, 5.74) is 3.99. The van der Waals surface area contributed by atoms with Gasteiger partial charge in [-0.25, -0.2) is 4.79 Å². The van der Waals surface area contributed by atoms with Crippen LogP contribution in [0.3, 0.4) is 0 Å². The Hall–Kier alpha value is -2.82. The van der Waals surface area contributed by atoms with E-state index < -0.39 is 0 Å². The molecule has 0 bridgehead atoms.